The van der Waals surface area contributed by atoms with Crippen molar-refractivity contribution in [2.75, 3.05) is 0 Å². The first-order valence-corrected chi connectivity index (χ1v) is 14.5. The zero-order valence-electron chi connectivity index (χ0n) is 23.0. The van der Waals surface area contributed by atoms with Gasteiger partial charge < -0.3 is 9.13 Å². The number of rotatable bonds is 2. The molecule has 5 heterocycles. The molecule has 10 aromatic rings. The highest BCUT2D eigenvalue weighted by Crippen LogP contribution is 2.43. The molecule has 0 fully saturated rings. The smallest absolute Gasteiger partial charge is 0.145 e. The lowest BCUT2D eigenvalue weighted by Gasteiger charge is -2.11. The lowest BCUT2D eigenvalue weighted by Crippen LogP contribution is -1.96. The van der Waals surface area contributed by atoms with Crippen molar-refractivity contribution in [3.63, 3.8) is 0 Å². The van der Waals surface area contributed by atoms with Gasteiger partial charge in [-0.15, -0.1) is 0 Å². The van der Waals surface area contributed by atoms with E-state index in [-0.39, 0.29) is 0 Å². The predicted molar refractivity (Wildman–Crippen MR) is 177 cm³/mol. The topological polar surface area (TPSA) is 40.1 Å². The van der Waals surface area contributed by atoms with Gasteiger partial charge in [-0.3, -0.25) is 9.38 Å². The molecule has 0 saturated heterocycles. The molecule has 5 nitrogen and oxygen atoms in total. The SMILES string of the molecule is c1ccc(-n2c3ccccc3c3c2ccc2c4cc5c6cnccc6c6nccn6c5cc4n(-c4ccccc4)c23)cc1. The molecule has 5 aromatic carbocycles. The van der Waals surface area contributed by atoms with Crippen LogP contribution in [-0.4, -0.2) is 23.5 Å². The van der Waals surface area contributed by atoms with Crippen molar-refractivity contribution < 1.29 is 0 Å². The Morgan fingerprint density at radius 3 is 2.05 bits per heavy atom. The first kappa shape index (κ1) is 22.7. The average molecular weight is 550 g/mol. The minimum absolute atomic E-state index is 0.944. The van der Waals surface area contributed by atoms with E-state index in [1.54, 1.807) is 0 Å². The number of hydrogen-bond acceptors (Lipinski definition) is 2. The Kier molecular flexibility index (Phi) is 4.39. The van der Waals surface area contributed by atoms with Gasteiger partial charge in [-0.1, -0.05) is 60.7 Å². The third-order valence-electron chi connectivity index (χ3n) is 8.96. The molecule has 0 amide bonds. The third-order valence-corrected chi connectivity index (χ3v) is 8.96. The monoisotopic (exact) mass is 549 g/mol. The molecule has 0 aliphatic carbocycles. The number of hydrogen-bond donors (Lipinski definition) is 0. The molecule has 0 bridgehead atoms. The van der Waals surface area contributed by atoms with Crippen LogP contribution in [0.5, 0.6) is 0 Å². The van der Waals surface area contributed by atoms with E-state index in [9.17, 15) is 0 Å². The maximum absolute atomic E-state index is 4.73. The van der Waals surface area contributed by atoms with E-state index in [0.29, 0.717) is 0 Å². The van der Waals surface area contributed by atoms with Crippen LogP contribution in [-0.2, 0) is 0 Å². The van der Waals surface area contributed by atoms with Gasteiger partial charge in [0.25, 0.3) is 0 Å². The van der Waals surface area contributed by atoms with Crippen molar-refractivity contribution in [2.24, 2.45) is 0 Å². The van der Waals surface area contributed by atoms with Crippen LogP contribution in [0.15, 0.2) is 140 Å². The molecule has 0 unspecified atom stereocenters. The second-order valence-electron chi connectivity index (χ2n) is 11.1. The lowest BCUT2D eigenvalue weighted by molar-refractivity contribution is 1.17. The van der Waals surface area contributed by atoms with Crippen LogP contribution in [0, 0.1) is 0 Å². The molecule has 0 radical (unpaired) electrons. The van der Waals surface area contributed by atoms with Crippen LogP contribution >= 0.6 is 0 Å². The number of benzene rings is 5. The van der Waals surface area contributed by atoms with Gasteiger partial charge in [0.15, 0.2) is 0 Å². The molecule has 0 aliphatic rings. The Bertz CT molecular complexity index is 2710. The number of nitrogens with zero attached hydrogens (tertiary/aromatic N) is 5. The molecule has 0 saturated carbocycles. The Morgan fingerprint density at radius 2 is 1.21 bits per heavy atom. The fourth-order valence-electron chi connectivity index (χ4n) is 7.21. The van der Waals surface area contributed by atoms with Gasteiger partial charge in [0, 0.05) is 73.9 Å². The van der Waals surface area contributed by atoms with Crippen LogP contribution in [0.4, 0.5) is 0 Å². The van der Waals surface area contributed by atoms with Crippen LogP contribution in [0.1, 0.15) is 0 Å². The highest BCUT2D eigenvalue weighted by atomic mass is 15.0. The van der Waals surface area contributed by atoms with Crippen molar-refractivity contribution in [1.82, 2.24) is 23.5 Å². The minimum atomic E-state index is 0.944. The van der Waals surface area contributed by atoms with Crippen LogP contribution in [0.3, 0.4) is 0 Å². The number of para-hydroxylation sites is 3. The van der Waals surface area contributed by atoms with Gasteiger partial charge in [-0.25, -0.2) is 4.98 Å². The fourth-order valence-corrected chi connectivity index (χ4v) is 7.21. The number of pyridine rings is 2. The van der Waals surface area contributed by atoms with Crippen LogP contribution < -0.4 is 0 Å². The van der Waals surface area contributed by atoms with E-state index in [0.717, 1.165) is 38.8 Å². The summed E-state index contributed by atoms with van der Waals surface area (Å²) in [5.41, 5.74) is 9.11. The Hall–Kier alpha value is -5.94. The van der Waals surface area contributed by atoms with Crippen molar-refractivity contribution in [1.29, 1.82) is 0 Å². The second-order valence-corrected chi connectivity index (χ2v) is 11.1. The Morgan fingerprint density at radius 1 is 0.465 bits per heavy atom. The number of aromatic nitrogens is 5. The normalized spacial score (nSPS) is 12.2. The van der Waals surface area contributed by atoms with Crippen molar-refractivity contribution >= 4 is 70.9 Å². The molecule has 200 valence electrons. The third kappa shape index (κ3) is 2.95. The van der Waals surface area contributed by atoms with E-state index in [4.69, 9.17) is 4.98 Å². The van der Waals surface area contributed by atoms with E-state index in [1.165, 1.54) is 43.5 Å². The molecule has 0 atom stereocenters. The largest absolute Gasteiger partial charge is 0.309 e. The maximum atomic E-state index is 4.73. The zero-order chi connectivity index (χ0) is 28.1. The number of fused-ring (bicyclic) bond motifs is 13. The zero-order valence-corrected chi connectivity index (χ0v) is 23.0. The van der Waals surface area contributed by atoms with Gasteiger partial charge in [0.2, 0.25) is 0 Å². The Balaban J connectivity index is 1.48. The van der Waals surface area contributed by atoms with Crippen molar-refractivity contribution in [3.8, 4) is 11.4 Å². The summed E-state index contributed by atoms with van der Waals surface area (Å²) < 4.78 is 7.05. The Labute approximate surface area is 245 Å². The summed E-state index contributed by atoms with van der Waals surface area (Å²) in [6, 6.07) is 41.5. The van der Waals surface area contributed by atoms with Crippen LogP contribution in [0.2, 0.25) is 0 Å². The first-order valence-electron chi connectivity index (χ1n) is 14.5. The van der Waals surface area contributed by atoms with Crippen molar-refractivity contribution in [2.45, 2.75) is 0 Å². The van der Waals surface area contributed by atoms with Crippen LogP contribution in [0.25, 0.3) is 82.3 Å². The molecule has 0 spiro atoms. The molecule has 0 aliphatic heterocycles. The first-order chi connectivity index (χ1) is 21.4. The minimum Gasteiger partial charge on any atom is -0.309 e. The summed E-state index contributed by atoms with van der Waals surface area (Å²) in [7, 11) is 0. The molecular formula is C38H23N5. The van der Waals surface area contributed by atoms with E-state index in [1.807, 2.05) is 18.6 Å². The van der Waals surface area contributed by atoms with Gasteiger partial charge in [0.05, 0.1) is 27.6 Å². The van der Waals surface area contributed by atoms with E-state index < -0.39 is 0 Å². The van der Waals surface area contributed by atoms with Gasteiger partial charge in [-0.05, 0) is 54.6 Å². The van der Waals surface area contributed by atoms with Crippen molar-refractivity contribution in [3.05, 3.63) is 140 Å². The summed E-state index contributed by atoms with van der Waals surface area (Å²) >= 11 is 0. The fraction of sp³-hybridized carbons (Fsp3) is 0. The quantitative estimate of drug-likeness (QED) is 0.202. The van der Waals surface area contributed by atoms with Gasteiger partial charge in [0.1, 0.15) is 5.65 Å². The second kappa shape index (κ2) is 8.30. The highest BCUT2D eigenvalue weighted by Gasteiger charge is 2.22. The summed E-state index contributed by atoms with van der Waals surface area (Å²) in [5, 5.41) is 8.32. The lowest BCUT2D eigenvalue weighted by atomic mass is 10.0. The maximum Gasteiger partial charge on any atom is 0.145 e. The summed E-state index contributed by atoms with van der Waals surface area (Å²) in [5.74, 6) is 0. The summed E-state index contributed by atoms with van der Waals surface area (Å²) in [6.45, 7) is 0. The van der Waals surface area contributed by atoms with Gasteiger partial charge in [-0.2, -0.15) is 0 Å². The average Bonchev–Trinajstić information content (AvgIpc) is 3.78. The molecule has 43 heavy (non-hydrogen) atoms. The molecular weight excluding hydrogens is 526 g/mol. The molecule has 10 rings (SSSR count). The molecule has 5 aromatic heterocycles. The van der Waals surface area contributed by atoms with E-state index >= 15 is 0 Å². The molecule has 5 heteroatoms. The standard InChI is InChI=1S/C38H23N5/c1-3-9-24(10-4-1)42-32-14-8-7-13-28(32)36-33(42)16-15-26-29-21-30-31-23-39-18-17-27(31)38-40-19-20-41(38)34(30)22-35(29)43(37(26)36)25-11-5-2-6-12-25/h1-23H. The van der Waals surface area contributed by atoms with Gasteiger partial charge >= 0.3 is 0 Å². The summed E-state index contributed by atoms with van der Waals surface area (Å²) in [6.07, 6.45) is 7.76. The summed E-state index contributed by atoms with van der Waals surface area (Å²) in [4.78, 5) is 9.24. The predicted octanol–water partition coefficient (Wildman–Crippen LogP) is 9.23. The number of imidazole rings is 1. The van der Waals surface area contributed by atoms with E-state index in [2.05, 4.69) is 140 Å². The molecule has 0 N–H and O–H groups in total. The highest BCUT2D eigenvalue weighted by molar-refractivity contribution is 6.28.